The average molecular weight is 277 g/mol. The van der Waals surface area contributed by atoms with Gasteiger partial charge in [0.25, 0.3) is 0 Å². The lowest BCUT2D eigenvalue weighted by Crippen LogP contribution is -2.24. The molecule has 1 N–H and O–H groups in total. The van der Waals surface area contributed by atoms with Crippen LogP contribution in [0.5, 0.6) is 0 Å². The van der Waals surface area contributed by atoms with Gasteiger partial charge in [-0.1, -0.05) is 6.07 Å². The van der Waals surface area contributed by atoms with E-state index in [1.54, 1.807) is 17.6 Å². The smallest absolute Gasteiger partial charge is 0.236 e. The van der Waals surface area contributed by atoms with E-state index in [1.165, 1.54) is 6.42 Å². The van der Waals surface area contributed by atoms with Gasteiger partial charge in [-0.3, -0.25) is 4.90 Å². The van der Waals surface area contributed by atoms with Crippen molar-refractivity contribution >= 4 is 11.3 Å². The van der Waals surface area contributed by atoms with Gasteiger partial charge in [-0.15, -0.1) is 11.3 Å². The van der Waals surface area contributed by atoms with Gasteiger partial charge in [0, 0.05) is 13.1 Å². The van der Waals surface area contributed by atoms with Crippen molar-refractivity contribution in [3.8, 4) is 10.8 Å². The fourth-order valence-corrected chi connectivity index (χ4v) is 3.29. The fourth-order valence-electron chi connectivity index (χ4n) is 2.63. The Kier molecular flexibility index (Phi) is 3.96. The molecule has 1 saturated heterocycles. The maximum atomic E-state index is 5.55. The minimum absolute atomic E-state index is 0.746. The molecule has 0 aromatic carbocycles. The first-order chi connectivity index (χ1) is 9.35. The number of aromatic nitrogens is 1. The summed E-state index contributed by atoms with van der Waals surface area (Å²) in [6, 6.07) is 4.06. The molecule has 2 aromatic heterocycles. The highest BCUT2D eigenvalue weighted by Gasteiger charge is 2.22. The first kappa shape index (κ1) is 12.8. The molecular formula is C14H19N3OS. The van der Waals surface area contributed by atoms with Crippen LogP contribution in [0.1, 0.15) is 12.1 Å². The molecule has 0 amide bonds. The number of oxazole rings is 1. The number of hydrogen-bond acceptors (Lipinski definition) is 5. The number of likely N-dealkylation sites (tertiary alicyclic amines) is 1. The van der Waals surface area contributed by atoms with E-state index >= 15 is 0 Å². The third-order valence-corrected chi connectivity index (χ3v) is 4.39. The Bertz CT molecular complexity index is 509. The highest BCUT2D eigenvalue weighted by molar-refractivity contribution is 7.13. The summed E-state index contributed by atoms with van der Waals surface area (Å²) < 4.78 is 5.55. The Morgan fingerprint density at radius 3 is 3.32 bits per heavy atom. The number of hydrogen-bond donors (Lipinski definition) is 1. The second kappa shape index (κ2) is 5.86. The average Bonchev–Trinajstić information content (AvgIpc) is 3.10. The Hall–Kier alpha value is -1.17. The molecule has 1 aliphatic heterocycles. The second-order valence-electron chi connectivity index (χ2n) is 5.07. The highest BCUT2D eigenvalue weighted by atomic mass is 32.1. The van der Waals surface area contributed by atoms with Crippen LogP contribution in [0.25, 0.3) is 10.8 Å². The van der Waals surface area contributed by atoms with Gasteiger partial charge in [0.2, 0.25) is 5.89 Å². The van der Waals surface area contributed by atoms with Crippen LogP contribution in [0.15, 0.2) is 28.2 Å². The third kappa shape index (κ3) is 3.05. The number of nitrogens with one attached hydrogen (secondary N) is 1. The zero-order valence-corrected chi connectivity index (χ0v) is 11.9. The molecule has 1 atom stereocenters. The molecule has 0 spiro atoms. The maximum Gasteiger partial charge on any atom is 0.236 e. The molecule has 1 unspecified atom stereocenters. The van der Waals surface area contributed by atoms with E-state index in [9.17, 15) is 0 Å². The van der Waals surface area contributed by atoms with Crippen LogP contribution >= 0.6 is 11.3 Å². The summed E-state index contributed by atoms with van der Waals surface area (Å²) in [4.78, 5) is 8.13. The molecule has 102 valence electrons. The Labute approximate surface area is 117 Å². The first-order valence-corrected chi connectivity index (χ1v) is 7.58. The number of rotatable bonds is 5. The predicted octanol–water partition coefficient (Wildman–Crippen LogP) is 2.44. The maximum absolute atomic E-state index is 5.55. The number of nitrogens with zero attached hydrogens (tertiary/aromatic N) is 2. The zero-order valence-electron chi connectivity index (χ0n) is 11.1. The van der Waals surface area contributed by atoms with Crippen molar-refractivity contribution in [2.45, 2.75) is 13.0 Å². The Morgan fingerprint density at radius 2 is 2.53 bits per heavy atom. The van der Waals surface area contributed by atoms with Gasteiger partial charge in [0.15, 0.2) is 0 Å². The summed E-state index contributed by atoms with van der Waals surface area (Å²) in [7, 11) is 2.02. The van der Waals surface area contributed by atoms with E-state index in [4.69, 9.17) is 4.42 Å². The summed E-state index contributed by atoms with van der Waals surface area (Å²) in [5, 5.41) is 5.30. The summed E-state index contributed by atoms with van der Waals surface area (Å²) >= 11 is 1.66. The Morgan fingerprint density at radius 1 is 1.58 bits per heavy atom. The van der Waals surface area contributed by atoms with Crippen LogP contribution in [0, 0.1) is 5.92 Å². The summed E-state index contributed by atoms with van der Waals surface area (Å²) in [6.45, 7) is 4.32. The largest absolute Gasteiger partial charge is 0.444 e. The van der Waals surface area contributed by atoms with Crippen molar-refractivity contribution in [1.29, 1.82) is 0 Å². The van der Waals surface area contributed by atoms with Crippen molar-refractivity contribution in [3.05, 3.63) is 29.5 Å². The molecule has 3 heterocycles. The fraction of sp³-hybridized carbons (Fsp3) is 0.500. The molecule has 19 heavy (non-hydrogen) atoms. The lowest BCUT2D eigenvalue weighted by atomic mass is 10.1. The van der Waals surface area contributed by atoms with Gasteiger partial charge in [-0.2, -0.15) is 0 Å². The first-order valence-electron chi connectivity index (χ1n) is 6.70. The molecule has 1 aliphatic rings. The van der Waals surface area contributed by atoms with Crippen molar-refractivity contribution in [2.24, 2.45) is 5.92 Å². The van der Waals surface area contributed by atoms with Gasteiger partial charge < -0.3 is 9.73 Å². The molecule has 0 radical (unpaired) electrons. The quantitative estimate of drug-likeness (QED) is 0.911. The van der Waals surface area contributed by atoms with Crippen LogP contribution in [-0.4, -0.2) is 36.6 Å². The SMILES string of the molecule is CNCC1CCN(Cc2coc(-c3cccs3)n2)C1. The molecule has 0 saturated carbocycles. The molecule has 3 rings (SSSR count). The van der Waals surface area contributed by atoms with Crippen LogP contribution in [0.4, 0.5) is 0 Å². The van der Waals surface area contributed by atoms with E-state index < -0.39 is 0 Å². The van der Waals surface area contributed by atoms with Gasteiger partial charge >= 0.3 is 0 Å². The monoisotopic (exact) mass is 277 g/mol. The molecule has 2 aromatic rings. The van der Waals surface area contributed by atoms with E-state index in [-0.39, 0.29) is 0 Å². The standard InChI is InChI=1S/C14H19N3OS/c1-15-7-11-4-5-17(8-11)9-12-10-18-14(16-12)13-3-2-6-19-13/h2-3,6,10-11,15H,4-5,7-9H2,1H3. The van der Waals surface area contributed by atoms with E-state index in [0.29, 0.717) is 0 Å². The second-order valence-corrected chi connectivity index (χ2v) is 6.02. The molecule has 0 bridgehead atoms. The summed E-state index contributed by atoms with van der Waals surface area (Å²) in [5.74, 6) is 1.52. The van der Waals surface area contributed by atoms with Gasteiger partial charge in [0.05, 0.1) is 10.6 Å². The predicted molar refractivity (Wildman–Crippen MR) is 77.1 cm³/mol. The molecule has 5 heteroatoms. The zero-order chi connectivity index (χ0) is 13.1. The lowest BCUT2D eigenvalue weighted by molar-refractivity contribution is 0.311. The summed E-state index contributed by atoms with van der Waals surface area (Å²) in [6.07, 6.45) is 3.07. The van der Waals surface area contributed by atoms with E-state index in [1.807, 2.05) is 24.6 Å². The van der Waals surface area contributed by atoms with E-state index in [0.717, 1.165) is 48.6 Å². The van der Waals surface area contributed by atoms with E-state index in [2.05, 4.69) is 15.2 Å². The molecule has 0 aliphatic carbocycles. The highest BCUT2D eigenvalue weighted by Crippen LogP contribution is 2.25. The van der Waals surface area contributed by atoms with Crippen LogP contribution in [0.3, 0.4) is 0 Å². The van der Waals surface area contributed by atoms with Crippen molar-refractivity contribution < 1.29 is 4.42 Å². The van der Waals surface area contributed by atoms with Crippen LogP contribution in [0.2, 0.25) is 0 Å². The lowest BCUT2D eigenvalue weighted by Gasteiger charge is -2.13. The third-order valence-electron chi connectivity index (χ3n) is 3.53. The number of thiophene rings is 1. The Balaban J connectivity index is 1.59. The van der Waals surface area contributed by atoms with Gasteiger partial charge in [-0.05, 0) is 43.9 Å². The minimum atomic E-state index is 0.746. The summed E-state index contributed by atoms with van der Waals surface area (Å²) in [5.41, 5.74) is 1.04. The van der Waals surface area contributed by atoms with Crippen molar-refractivity contribution in [2.75, 3.05) is 26.7 Å². The molecule has 4 nitrogen and oxygen atoms in total. The molecular weight excluding hydrogens is 258 g/mol. The van der Waals surface area contributed by atoms with Crippen molar-refractivity contribution in [1.82, 2.24) is 15.2 Å². The van der Waals surface area contributed by atoms with Gasteiger partial charge in [-0.25, -0.2) is 4.98 Å². The van der Waals surface area contributed by atoms with Crippen molar-refractivity contribution in [3.63, 3.8) is 0 Å². The topological polar surface area (TPSA) is 41.3 Å². The van der Waals surface area contributed by atoms with Gasteiger partial charge in [0.1, 0.15) is 6.26 Å². The van der Waals surface area contributed by atoms with Crippen LogP contribution in [-0.2, 0) is 6.54 Å². The normalized spacial score (nSPS) is 20.2. The minimum Gasteiger partial charge on any atom is -0.444 e. The molecule has 1 fully saturated rings. The van der Waals surface area contributed by atoms with Crippen LogP contribution < -0.4 is 5.32 Å².